The highest BCUT2D eigenvalue weighted by Crippen LogP contribution is 2.29. The summed E-state index contributed by atoms with van der Waals surface area (Å²) in [5.41, 5.74) is 1.09. The number of carbonyl (C=O) groups excluding carboxylic acids is 3. The van der Waals surface area contributed by atoms with Gasteiger partial charge in [0.15, 0.2) is 0 Å². The Kier molecular flexibility index (Phi) is 5.09. The van der Waals surface area contributed by atoms with Crippen LogP contribution in [0.5, 0.6) is 0 Å². The fourth-order valence-electron chi connectivity index (χ4n) is 3.10. The van der Waals surface area contributed by atoms with Gasteiger partial charge in [0, 0.05) is 42.6 Å². The van der Waals surface area contributed by atoms with Gasteiger partial charge in [-0.25, -0.2) is 0 Å². The Balaban J connectivity index is 1.69. The summed E-state index contributed by atoms with van der Waals surface area (Å²) >= 11 is 0. The van der Waals surface area contributed by atoms with Crippen LogP contribution in [0.25, 0.3) is 10.8 Å². The van der Waals surface area contributed by atoms with Crippen molar-refractivity contribution in [3.63, 3.8) is 0 Å². The topological polar surface area (TPSA) is 78.5 Å². The summed E-state index contributed by atoms with van der Waals surface area (Å²) in [6.45, 7) is 1.50. The van der Waals surface area contributed by atoms with Crippen molar-refractivity contribution >= 4 is 28.5 Å². The number of likely N-dealkylation sites (N-methyl/N-ethyl adjacent to an activating group) is 1. The second-order valence-electron chi connectivity index (χ2n) is 6.03. The molecule has 0 saturated heterocycles. The van der Waals surface area contributed by atoms with Crippen molar-refractivity contribution < 1.29 is 14.4 Å². The van der Waals surface area contributed by atoms with Crippen LogP contribution in [0.15, 0.2) is 36.4 Å². The highest BCUT2D eigenvalue weighted by Gasteiger charge is 2.32. The standard InChI is InChI=1S/C19H21N3O3/c1-20-10-11-21-16(23)9-4-12-22-18(24)14-7-2-5-13-6-3-8-15(17(13)14)19(22)25/h2-3,5-8,20H,4,9-12H2,1H3,(H,21,23). The second kappa shape index (κ2) is 7.44. The van der Waals surface area contributed by atoms with Gasteiger partial charge < -0.3 is 10.6 Å². The van der Waals surface area contributed by atoms with Crippen LogP contribution < -0.4 is 10.6 Å². The van der Waals surface area contributed by atoms with E-state index in [0.29, 0.717) is 30.6 Å². The lowest BCUT2D eigenvalue weighted by Crippen LogP contribution is -2.41. The van der Waals surface area contributed by atoms with Crippen LogP contribution in [-0.2, 0) is 4.79 Å². The Hall–Kier alpha value is -2.73. The molecule has 6 heteroatoms. The van der Waals surface area contributed by atoms with Gasteiger partial charge in [0.1, 0.15) is 0 Å². The van der Waals surface area contributed by atoms with Gasteiger partial charge in [-0.05, 0) is 31.0 Å². The third kappa shape index (κ3) is 3.39. The third-order valence-corrected chi connectivity index (χ3v) is 4.34. The molecule has 0 fully saturated rings. The molecule has 2 aromatic carbocycles. The molecule has 130 valence electrons. The predicted molar refractivity (Wildman–Crippen MR) is 95.5 cm³/mol. The minimum Gasteiger partial charge on any atom is -0.355 e. The summed E-state index contributed by atoms with van der Waals surface area (Å²) in [7, 11) is 1.82. The van der Waals surface area contributed by atoms with E-state index in [0.717, 1.165) is 10.8 Å². The van der Waals surface area contributed by atoms with Crippen molar-refractivity contribution in [2.45, 2.75) is 12.8 Å². The van der Waals surface area contributed by atoms with Gasteiger partial charge in [-0.1, -0.05) is 24.3 Å². The van der Waals surface area contributed by atoms with Crippen LogP contribution in [0, 0.1) is 0 Å². The van der Waals surface area contributed by atoms with Crippen LogP contribution >= 0.6 is 0 Å². The van der Waals surface area contributed by atoms with E-state index in [1.165, 1.54) is 4.90 Å². The minimum atomic E-state index is -0.287. The normalized spacial score (nSPS) is 13.4. The summed E-state index contributed by atoms with van der Waals surface area (Å²) in [6, 6.07) is 10.9. The molecule has 0 saturated carbocycles. The molecule has 1 aliphatic heterocycles. The molecule has 0 bridgehead atoms. The minimum absolute atomic E-state index is 0.0744. The Morgan fingerprint density at radius 2 is 1.64 bits per heavy atom. The molecule has 0 radical (unpaired) electrons. The zero-order chi connectivity index (χ0) is 17.8. The van der Waals surface area contributed by atoms with Crippen LogP contribution in [0.1, 0.15) is 33.6 Å². The van der Waals surface area contributed by atoms with Crippen LogP contribution in [0.4, 0.5) is 0 Å². The zero-order valence-corrected chi connectivity index (χ0v) is 14.2. The zero-order valence-electron chi connectivity index (χ0n) is 14.2. The lowest BCUT2D eigenvalue weighted by atomic mass is 9.94. The monoisotopic (exact) mass is 339 g/mol. The van der Waals surface area contributed by atoms with Crippen molar-refractivity contribution in [2.24, 2.45) is 0 Å². The quantitative estimate of drug-likeness (QED) is 0.593. The molecule has 0 aromatic heterocycles. The molecule has 2 aromatic rings. The first-order valence-corrected chi connectivity index (χ1v) is 8.42. The number of amides is 3. The van der Waals surface area contributed by atoms with E-state index >= 15 is 0 Å². The number of nitrogens with zero attached hydrogens (tertiary/aromatic N) is 1. The Labute approximate surface area is 146 Å². The molecule has 1 aliphatic rings. The number of carbonyl (C=O) groups is 3. The maximum atomic E-state index is 12.7. The van der Waals surface area contributed by atoms with Gasteiger partial charge in [-0.3, -0.25) is 19.3 Å². The number of rotatable bonds is 7. The van der Waals surface area contributed by atoms with E-state index in [1.807, 2.05) is 31.3 Å². The highest BCUT2D eigenvalue weighted by atomic mass is 16.2. The van der Waals surface area contributed by atoms with Crippen LogP contribution in [-0.4, -0.2) is 49.3 Å². The molecule has 2 N–H and O–H groups in total. The Morgan fingerprint density at radius 1 is 1.00 bits per heavy atom. The number of hydrogen-bond acceptors (Lipinski definition) is 4. The van der Waals surface area contributed by atoms with Crippen molar-refractivity contribution in [3.05, 3.63) is 47.5 Å². The van der Waals surface area contributed by atoms with E-state index in [1.54, 1.807) is 12.1 Å². The molecule has 6 nitrogen and oxygen atoms in total. The average molecular weight is 339 g/mol. The molecule has 0 aliphatic carbocycles. The molecule has 25 heavy (non-hydrogen) atoms. The Morgan fingerprint density at radius 3 is 2.24 bits per heavy atom. The fraction of sp³-hybridized carbons (Fsp3) is 0.316. The summed E-state index contributed by atoms with van der Waals surface area (Å²) < 4.78 is 0. The molecule has 0 atom stereocenters. The largest absolute Gasteiger partial charge is 0.355 e. The summed E-state index contributed by atoms with van der Waals surface area (Å²) in [4.78, 5) is 38.4. The van der Waals surface area contributed by atoms with E-state index in [9.17, 15) is 14.4 Å². The molecule has 0 spiro atoms. The van der Waals surface area contributed by atoms with Crippen LogP contribution in [0.2, 0.25) is 0 Å². The smallest absolute Gasteiger partial charge is 0.261 e. The SMILES string of the molecule is CNCCNC(=O)CCCN1C(=O)c2cccc3cccc(c23)C1=O. The van der Waals surface area contributed by atoms with Crippen LogP contribution in [0.3, 0.4) is 0 Å². The maximum absolute atomic E-state index is 12.7. The Bertz CT molecular complexity index is 781. The summed E-state index contributed by atoms with van der Waals surface area (Å²) in [5, 5.41) is 7.35. The first-order valence-electron chi connectivity index (χ1n) is 8.42. The second-order valence-corrected chi connectivity index (χ2v) is 6.03. The van der Waals surface area contributed by atoms with E-state index in [2.05, 4.69) is 10.6 Å². The fourth-order valence-corrected chi connectivity index (χ4v) is 3.10. The average Bonchev–Trinajstić information content (AvgIpc) is 2.62. The number of hydrogen-bond donors (Lipinski definition) is 2. The first-order chi connectivity index (χ1) is 12.1. The molecular formula is C19H21N3O3. The van der Waals surface area contributed by atoms with Gasteiger partial charge in [-0.15, -0.1) is 0 Å². The van der Waals surface area contributed by atoms with Gasteiger partial charge in [0.25, 0.3) is 11.8 Å². The van der Waals surface area contributed by atoms with Crippen molar-refractivity contribution in [1.82, 2.24) is 15.5 Å². The molecule has 1 heterocycles. The predicted octanol–water partition coefficient (Wildman–Crippen LogP) is 1.55. The van der Waals surface area contributed by atoms with Gasteiger partial charge in [0.2, 0.25) is 5.91 Å². The van der Waals surface area contributed by atoms with E-state index in [4.69, 9.17) is 0 Å². The van der Waals surface area contributed by atoms with Gasteiger partial charge in [0.05, 0.1) is 0 Å². The number of imide groups is 1. The third-order valence-electron chi connectivity index (χ3n) is 4.34. The number of nitrogens with one attached hydrogen (secondary N) is 2. The van der Waals surface area contributed by atoms with Gasteiger partial charge in [-0.2, -0.15) is 0 Å². The molecule has 3 rings (SSSR count). The number of benzene rings is 2. The van der Waals surface area contributed by atoms with Crippen molar-refractivity contribution in [3.8, 4) is 0 Å². The molecular weight excluding hydrogens is 318 g/mol. The summed E-state index contributed by atoms with van der Waals surface area (Å²) in [5.74, 6) is -0.649. The molecule has 3 amide bonds. The summed E-state index contributed by atoms with van der Waals surface area (Å²) in [6.07, 6.45) is 0.730. The van der Waals surface area contributed by atoms with Gasteiger partial charge >= 0.3 is 0 Å². The lowest BCUT2D eigenvalue weighted by molar-refractivity contribution is -0.121. The van der Waals surface area contributed by atoms with E-state index in [-0.39, 0.29) is 30.7 Å². The maximum Gasteiger partial charge on any atom is 0.261 e. The highest BCUT2D eigenvalue weighted by molar-refractivity contribution is 6.25. The first kappa shape index (κ1) is 17.1. The van der Waals surface area contributed by atoms with Crippen molar-refractivity contribution in [1.29, 1.82) is 0 Å². The molecule has 0 unspecified atom stereocenters. The van der Waals surface area contributed by atoms with Crippen molar-refractivity contribution in [2.75, 3.05) is 26.7 Å². The lowest BCUT2D eigenvalue weighted by Gasteiger charge is -2.27. The van der Waals surface area contributed by atoms with E-state index < -0.39 is 0 Å².